The molecular weight excluding hydrogens is 124 g/mol. The molecule has 0 spiro atoms. The van der Waals surface area contributed by atoms with E-state index in [1.807, 2.05) is 26.1 Å². The molecule has 1 rings (SSSR count). The first kappa shape index (κ1) is 7.22. The maximum atomic E-state index is 5.69. The van der Waals surface area contributed by atoms with Crippen molar-refractivity contribution in [3.63, 3.8) is 0 Å². The summed E-state index contributed by atoms with van der Waals surface area (Å²) >= 11 is 0. The minimum Gasteiger partial charge on any atom is -0.324 e. The minimum absolute atomic E-state index is 0.114. The maximum absolute atomic E-state index is 5.69. The molecule has 1 aromatic heterocycles. The topological polar surface area (TPSA) is 38.9 Å². The summed E-state index contributed by atoms with van der Waals surface area (Å²) in [6, 6.07) is 2.07. The molecule has 0 fully saturated rings. The highest BCUT2D eigenvalue weighted by Gasteiger charge is 2.00. The van der Waals surface area contributed by atoms with E-state index in [1.165, 1.54) is 5.56 Å². The van der Waals surface area contributed by atoms with Gasteiger partial charge in [-0.15, -0.1) is 0 Å². The van der Waals surface area contributed by atoms with Gasteiger partial charge < -0.3 is 5.73 Å². The first-order valence-corrected chi connectivity index (χ1v) is 3.38. The molecule has 0 aliphatic heterocycles. The van der Waals surface area contributed by atoms with Gasteiger partial charge in [0.2, 0.25) is 0 Å². The lowest BCUT2D eigenvalue weighted by Gasteiger charge is -2.06. The van der Waals surface area contributed by atoms with Crippen LogP contribution in [0.2, 0.25) is 0 Å². The van der Waals surface area contributed by atoms with E-state index in [1.54, 1.807) is 6.20 Å². The third kappa shape index (κ3) is 1.33. The normalized spacial score (nSPS) is 13.1. The van der Waals surface area contributed by atoms with Gasteiger partial charge >= 0.3 is 0 Å². The molecule has 0 aromatic carbocycles. The van der Waals surface area contributed by atoms with Crippen LogP contribution in [-0.4, -0.2) is 4.98 Å². The molecule has 2 N–H and O–H groups in total. The second-order valence-electron chi connectivity index (χ2n) is 2.52. The Morgan fingerprint density at radius 2 is 2.30 bits per heavy atom. The summed E-state index contributed by atoms with van der Waals surface area (Å²) in [5.74, 6) is 0. The van der Waals surface area contributed by atoms with Crippen LogP contribution < -0.4 is 5.73 Å². The lowest BCUT2D eigenvalue weighted by atomic mass is 10.1. The Bertz CT molecular complexity index is 218. The van der Waals surface area contributed by atoms with E-state index in [4.69, 9.17) is 5.73 Å². The van der Waals surface area contributed by atoms with Crippen LogP contribution in [0.4, 0.5) is 0 Å². The van der Waals surface area contributed by atoms with E-state index in [9.17, 15) is 0 Å². The maximum Gasteiger partial charge on any atom is 0.0300 e. The van der Waals surface area contributed by atoms with E-state index in [0.717, 1.165) is 5.56 Å². The number of rotatable bonds is 1. The van der Waals surface area contributed by atoms with Gasteiger partial charge in [0.15, 0.2) is 0 Å². The van der Waals surface area contributed by atoms with Gasteiger partial charge in [-0.2, -0.15) is 0 Å². The Balaban J connectivity index is 3.03. The highest BCUT2D eigenvalue weighted by molar-refractivity contribution is 5.24. The molecule has 0 amide bonds. The van der Waals surface area contributed by atoms with Crippen molar-refractivity contribution in [2.45, 2.75) is 19.9 Å². The zero-order valence-corrected chi connectivity index (χ0v) is 6.33. The quantitative estimate of drug-likeness (QED) is 0.634. The zero-order chi connectivity index (χ0) is 7.56. The van der Waals surface area contributed by atoms with E-state index in [-0.39, 0.29) is 6.04 Å². The predicted molar refractivity (Wildman–Crippen MR) is 41.6 cm³/mol. The van der Waals surface area contributed by atoms with Gasteiger partial charge in [-0.3, -0.25) is 4.98 Å². The molecule has 0 aliphatic rings. The van der Waals surface area contributed by atoms with Crippen molar-refractivity contribution >= 4 is 0 Å². The molecule has 10 heavy (non-hydrogen) atoms. The summed E-state index contributed by atoms with van der Waals surface area (Å²) in [6.45, 7) is 3.99. The first-order valence-electron chi connectivity index (χ1n) is 3.38. The fraction of sp³-hybridized carbons (Fsp3) is 0.375. The van der Waals surface area contributed by atoms with Crippen LogP contribution in [0.25, 0.3) is 0 Å². The summed E-state index contributed by atoms with van der Waals surface area (Å²) in [5.41, 5.74) is 8.03. The van der Waals surface area contributed by atoms with Crippen molar-refractivity contribution in [1.82, 2.24) is 4.98 Å². The Morgan fingerprint density at radius 1 is 1.60 bits per heavy atom. The van der Waals surface area contributed by atoms with Crippen molar-refractivity contribution in [2.24, 2.45) is 5.73 Å². The molecular formula is C8H12N2. The Labute approximate surface area is 61.1 Å². The van der Waals surface area contributed by atoms with Gasteiger partial charge in [-0.05, 0) is 31.0 Å². The van der Waals surface area contributed by atoms with E-state index in [2.05, 4.69) is 4.98 Å². The summed E-state index contributed by atoms with van der Waals surface area (Å²) in [7, 11) is 0. The fourth-order valence-corrected chi connectivity index (χ4v) is 0.995. The second-order valence-corrected chi connectivity index (χ2v) is 2.52. The molecule has 54 valence electrons. The SMILES string of the molecule is Cc1cnccc1[C@@H](C)N. The van der Waals surface area contributed by atoms with Crippen molar-refractivity contribution in [3.8, 4) is 0 Å². The summed E-state index contributed by atoms with van der Waals surface area (Å²) < 4.78 is 0. The smallest absolute Gasteiger partial charge is 0.0300 e. The molecule has 1 atom stereocenters. The lowest BCUT2D eigenvalue weighted by Crippen LogP contribution is -2.06. The number of pyridine rings is 1. The van der Waals surface area contributed by atoms with Crippen molar-refractivity contribution in [1.29, 1.82) is 0 Å². The van der Waals surface area contributed by atoms with E-state index >= 15 is 0 Å². The first-order chi connectivity index (χ1) is 4.72. The summed E-state index contributed by atoms with van der Waals surface area (Å²) in [6.07, 6.45) is 3.60. The van der Waals surface area contributed by atoms with Gasteiger partial charge in [-0.1, -0.05) is 0 Å². The molecule has 1 heterocycles. The van der Waals surface area contributed by atoms with Gasteiger partial charge in [-0.25, -0.2) is 0 Å². The largest absolute Gasteiger partial charge is 0.324 e. The number of hydrogen-bond acceptors (Lipinski definition) is 2. The molecule has 0 aliphatic carbocycles. The van der Waals surface area contributed by atoms with Crippen molar-refractivity contribution < 1.29 is 0 Å². The minimum atomic E-state index is 0.114. The van der Waals surface area contributed by atoms with Crippen LogP contribution in [0.3, 0.4) is 0 Å². The van der Waals surface area contributed by atoms with Gasteiger partial charge in [0, 0.05) is 18.4 Å². The predicted octanol–water partition coefficient (Wildman–Crippen LogP) is 1.41. The van der Waals surface area contributed by atoms with E-state index < -0.39 is 0 Å². The van der Waals surface area contributed by atoms with Crippen LogP contribution in [-0.2, 0) is 0 Å². The lowest BCUT2D eigenvalue weighted by molar-refractivity contribution is 0.806. The third-order valence-electron chi connectivity index (χ3n) is 1.55. The monoisotopic (exact) mass is 136 g/mol. The zero-order valence-electron chi connectivity index (χ0n) is 6.33. The molecule has 0 saturated carbocycles. The summed E-state index contributed by atoms with van der Waals surface area (Å²) in [4.78, 5) is 3.97. The molecule has 2 nitrogen and oxygen atoms in total. The van der Waals surface area contributed by atoms with Crippen molar-refractivity contribution in [3.05, 3.63) is 29.6 Å². The third-order valence-corrected chi connectivity index (χ3v) is 1.55. The number of aryl methyl sites for hydroxylation is 1. The Morgan fingerprint density at radius 3 is 2.70 bits per heavy atom. The standard InChI is InChI=1S/C8H12N2/c1-6-5-10-4-3-8(6)7(2)9/h3-5,7H,9H2,1-2H3/t7-/m1/s1. The molecule has 0 saturated heterocycles. The molecule has 0 bridgehead atoms. The Hall–Kier alpha value is -0.890. The van der Waals surface area contributed by atoms with Crippen LogP contribution in [0.5, 0.6) is 0 Å². The van der Waals surface area contributed by atoms with Gasteiger partial charge in [0.05, 0.1) is 0 Å². The van der Waals surface area contributed by atoms with Crippen LogP contribution in [0, 0.1) is 6.92 Å². The van der Waals surface area contributed by atoms with Gasteiger partial charge in [0.25, 0.3) is 0 Å². The van der Waals surface area contributed by atoms with Crippen molar-refractivity contribution in [2.75, 3.05) is 0 Å². The number of aromatic nitrogens is 1. The van der Waals surface area contributed by atoms with Gasteiger partial charge in [0.1, 0.15) is 0 Å². The molecule has 0 unspecified atom stereocenters. The number of nitrogens with two attached hydrogens (primary N) is 1. The molecule has 1 aromatic rings. The van der Waals surface area contributed by atoms with E-state index in [0.29, 0.717) is 0 Å². The second kappa shape index (κ2) is 2.80. The number of hydrogen-bond donors (Lipinski definition) is 1. The highest BCUT2D eigenvalue weighted by atomic mass is 14.6. The summed E-state index contributed by atoms with van der Waals surface area (Å²) in [5, 5.41) is 0. The average molecular weight is 136 g/mol. The fourth-order valence-electron chi connectivity index (χ4n) is 0.995. The van der Waals surface area contributed by atoms with Crippen LogP contribution >= 0.6 is 0 Å². The average Bonchev–Trinajstić information content (AvgIpc) is 1.88. The van der Waals surface area contributed by atoms with Crippen LogP contribution in [0.1, 0.15) is 24.1 Å². The molecule has 2 heteroatoms. The number of nitrogens with zero attached hydrogens (tertiary/aromatic N) is 1. The Kier molecular flexibility index (Phi) is 2.02. The molecule has 0 radical (unpaired) electrons. The highest BCUT2D eigenvalue weighted by Crippen LogP contribution is 2.11. The van der Waals surface area contributed by atoms with Crippen LogP contribution in [0.15, 0.2) is 18.5 Å².